The summed E-state index contributed by atoms with van der Waals surface area (Å²) in [5.41, 5.74) is 20.0. The highest BCUT2D eigenvalue weighted by molar-refractivity contribution is 6.22. The van der Waals surface area contributed by atoms with Gasteiger partial charge in [-0.05, 0) is 170 Å². The molecule has 0 atom stereocenters. The van der Waals surface area contributed by atoms with Crippen molar-refractivity contribution in [3.8, 4) is 55.6 Å². The van der Waals surface area contributed by atoms with Crippen LogP contribution in [0.4, 0.5) is 0 Å². The summed E-state index contributed by atoms with van der Waals surface area (Å²) < 4.78 is 6.33. The van der Waals surface area contributed by atoms with E-state index in [0.717, 1.165) is 24.2 Å². The van der Waals surface area contributed by atoms with Gasteiger partial charge in [0.05, 0.1) is 5.41 Å². The van der Waals surface area contributed by atoms with E-state index in [2.05, 4.69) is 218 Å². The summed E-state index contributed by atoms with van der Waals surface area (Å²) in [6, 6.07) is 77.9. The normalized spacial score (nSPS) is 14.0. The van der Waals surface area contributed by atoms with Gasteiger partial charge in [0.2, 0.25) is 0 Å². The van der Waals surface area contributed by atoms with E-state index < -0.39 is 5.41 Å². The molecular formula is C65H40O. The van der Waals surface area contributed by atoms with Crippen LogP contribution >= 0.6 is 0 Å². The molecule has 0 saturated carbocycles. The molecule has 1 nitrogen and oxygen atoms in total. The Labute approximate surface area is 382 Å². The second-order valence-electron chi connectivity index (χ2n) is 18.6. The average Bonchev–Trinajstić information content (AvgIpc) is 3.99. The maximum atomic E-state index is 6.33. The van der Waals surface area contributed by atoms with Crippen molar-refractivity contribution in [3.05, 3.63) is 246 Å². The first-order chi connectivity index (χ1) is 32.7. The van der Waals surface area contributed by atoms with E-state index >= 15 is 0 Å². The van der Waals surface area contributed by atoms with Crippen LogP contribution in [0.5, 0.6) is 0 Å². The SMILES string of the molecule is C1=Cc2c(oc3ccc(-c4c5ccccc5c(-c5ccc(-c6ccc7cc8c(cc7c6)C6(c7ccccc7-c7ccccc76)c6cc7ccccc7cc6-8)cc5)c5ccccc45)cc23)CC1. The molecular weight excluding hydrogens is 797 g/mol. The minimum atomic E-state index is -0.405. The first-order valence-electron chi connectivity index (χ1n) is 23.3. The summed E-state index contributed by atoms with van der Waals surface area (Å²) in [5.74, 6) is 1.10. The van der Waals surface area contributed by atoms with Gasteiger partial charge < -0.3 is 4.42 Å². The van der Waals surface area contributed by atoms with E-state index in [4.69, 9.17) is 4.42 Å². The van der Waals surface area contributed by atoms with E-state index in [-0.39, 0.29) is 0 Å². The Morgan fingerprint density at radius 3 is 1.53 bits per heavy atom. The van der Waals surface area contributed by atoms with Crippen LogP contribution in [0.1, 0.15) is 40.0 Å². The zero-order valence-corrected chi connectivity index (χ0v) is 36.1. The van der Waals surface area contributed by atoms with Gasteiger partial charge in [-0.3, -0.25) is 0 Å². The summed E-state index contributed by atoms with van der Waals surface area (Å²) in [4.78, 5) is 0. The molecule has 15 rings (SSSR count). The highest BCUT2D eigenvalue weighted by Crippen LogP contribution is 2.63. The smallest absolute Gasteiger partial charge is 0.134 e. The molecule has 0 radical (unpaired) electrons. The van der Waals surface area contributed by atoms with Crippen LogP contribution in [-0.4, -0.2) is 0 Å². The van der Waals surface area contributed by atoms with Crippen molar-refractivity contribution in [2.45, 2.75) is 18.3 Å². The molecule has 66 heavy (non-hydrogen) atoms. The van der Waals surface area contributed by atoms with Crippen LogP contribution in [0.15, 0.2) is 217 Å². The Morgan fingerprint density at radius 2 is 0.864 bits per heavy atom. The monoisotopic (exact) mass is 836 g/mol. The number of aryl methyl sites for hydroxylation is 1. The van der Waals surface area contributed by atoms with E-state index in [1.54, 1.807) is 0 Å². The molecule has 1 heteroatoms. The fraction of sp³-hybridized carbons (Fsp3) is 0.0462. The van der Waals surface area contributed by atoms with Crippen molar-refractivity contribution in [1.82, 2.24) is 0 Å². The lowest BCUT2D eigenvalue weighted by molar-refractivity contribution is 0.546. The minimum absolute atomic E-state index is 0.405. The van der Waals surface area contributed by atoms with Crippen molar-refractivity contribution in [2.75, 3.05) is 0 Å². The molecule has 306 valence electrons. The Hall–Kier alpha value is -8.26. The van der Waals surface area contributed by atoms with Gasteiger partial charge in [0.15, 0.2) is 0 Å². The number of fused-ring (bicyclic) bond motifs is 17. The Balaban J connectivity index is 0.876. The molecule has 1 aromatic heterocycles. The summed E-state index contributed by atoms with van der Waals surface area (Å²) in [6.07, 6.45) is 6.49. The molecule has 12 aromatic rings. The quantitative estimate of drug-likeness (QED) is 0.162. The largest absolute Gasteiger partial charge is 0.460 e. The van der Waals surface area contributed by atoms with Gasteiger partial charge in [0, 0.05) is 17.4 Å². The highest BCUT2D eigenvalue weighted by atomic mass is 16.3. The molecule has 0 amide bonds. The molecule has 1 heterocycles. The second-order valence-corrected chi connectivity index (χ2v) is 18.6. The molecule has 0 aliphatic heterocycles. The van der Waals surface area contributed by atoms with Crippen LogP contribution in [0.25, 0.3) is 116 Å². The van der Waals surface area contributed by atoms with Crippen LogP contribution in [0.3, 0.4) is 0 Å². The van der Waals surface area contributed by atoms with Gasteiger partial charge in [-0.15, -0.1) is 0 Å². The molecule has 11 aromatic carbocycles. The number of rotatable bonds is 3. The van der Waals surface area contributed by atoms with Crippen molar-refractivity contribution in [1.29, 1.82) is 0 Å². The van der Waals surface area contributed by atoms with Gasteiger partial charge in [0.1, 0.15) is 11.3 Å². The second kappa shape index (κ2) is 13.4. The van der Waals surface area contributed by atoms with E-state index in [1.807, 2.05) is 0 Å². The van der Waals surface area contributed by atoms with E-state index in [0.29, 0.717) is 0 Å². The Bertz CT molecular complexity index is 4000. The lowest BCUT2D eigenvalue weighted by atomic mass is 9.70. The molecule has 3 aliphatic rings. The fourth-order valence-corrected chi connectivity index (χ4v) is 12.4. The lowest BCUT2D eigenvalue weighted by Crippen LogP contribution is -2.25. The van der Waals surface area contributed by atoms with Gasteiger partial charge in [-0.1, -0.05) is 176 Å². The Kier molecular flexibility index (Phi) is 7.33. The van der Waals surface area contributed by atoms with Gasteiger partial charge >= 0.3 is 0 Å². The van der Waals surface area contributed by atoms with Gasteiger partial charge in [-0.2, -0.15) is 0 Å². The molecule has 0 fully saturated rings. The third-order valence-electron chi connectivity index (χ3n) is 15.3. The van der Waals surface area contributed by atoms with E-state index in [9.17, 15) is 0 Å². The zero-order valence-electron chi connectivity index (χ0n) is 36.1. The number of furan rings is 1. The van der Waals surface area contributed by atoms with Gasteiger partial charge in [0.25, 0.3) is 0 Å². The summed E-state index contributed by atoms with van der Waals surface area (Å²) in [5, 5.41) is 11.3. The fourth-order valence-electron chi connectivity index (χ4n) is 12.4. The minimum Gasteiger partial charge on any atom is -0.460 e. The average molecular weight is 837 g/mol. The first-order valence-corrected chi connectivity index (χ1v) is 23.3. The van der Waals surface area contributed by atoms with Crippen molar-refractivity contribution in [3.63, 3.8) is 0 Å². The van der Waals surface area contributed by atoms with Crippen LogP contribution in [0, 0.1) is 0 Å². The molecule has 1 spiro atoms. The predicted molar refractivity (Wildman–Crippen MR) is 276 cm³/mol. The maximum absolute atomic E-state index is 6.33. The third-order valence-corrected chi connectivity index (χ3v) is 15.3. The number of hydrogen-bond donors (Lipinski definition) is 0. The Morgan fingerprint density at radius 1 is 0.348 bits per heavy atom. The topological polar surface area (TPSA) is 13.1 Å². The molecule has 0 unspecified atom stereocenters. The first kappa shape index (κ1) is 36.1. The highest BCUT2D eigenvalue weighted by Gasteiger charge is 2.51. The van der Waals surface area contributed by atoms with Crippen molar-refractivity contribution in [2.24, 2.45) is 0 Å². The van der Waals surface area contributed by atoms with E-state index in [1.165, 1.54) is 132 Å². The lowest BCUT2D eigenvalue weighted by Gasteiger charge is -2.30. The standard InChI is InChI=1S/C65H40O/c1-2-14-42-37-59-54(34-41(42)13-1)55-35-44-30-29-43(33-46(44)38-60(55)65(59)57-22-10-7-15-47(57)48-16-8-11-23-58(48)65)39-25-27-40(28-26-39)63-50-18-3-5-20-52(50)64(53-21-6-4-19-51(53)63)45-31-32-62-56(36-45)49-17-9-12-24-61(49)66-62/h1-11,13-23,25-38H,12,24H2. The number of hydrogen-bond acceptors (Lipinski definition) is 1. The van der Waals surface area contributed by atoms with Crippen LogP contribution in [0.2, 0.25) is 0 Å². The van der Waals surface area contributed by atoms with Crippen LogP contribution in [-0.2, 0) is 11.8 Å². The number of allylic oxidation sites excluding steroid dienone is 1. The maximum Gasteiger partial charge on any atom is 0.134 e. The molecule has 0 bridgehead atoms. The summed E-state index contributed by atoms with van der Waals surface area (Å²) in [6.45, 7) is 0. The summed E-state index contributed by atoms with van der Waals surface area (Å²) >= 11 is 0. The molecule has 0 saturated heterocycles. The third kappa shape index (κ3) is 4.84. The van der Waals surface area contributed by atoms with Gasteiger partial charge in [-0.25, -0.2) is 0 Å². The predicted octanol–water partition coefficient (Wildman–Crippen LogP) is 17.3. The zero-order chi connectivity index (χ0) is 43.1. The molecule has 3 aliphatic carbocycles. The van der Waals surface area contributed by atoms with Crippen molar-refractivity contribution >= 4 is 60.1 Å². The van der Waals surface area contributed by atoms with Crippen LogP contribution < -0.4 is 0 Å². The van der Waals surface area contributed by atoms with Crippen molar-refractivity contribution < 1.29 is 4.42 Å². The molecule has 0 N–H and O–H groups in total. The number of benzene rings is 11. The summed E-state index contributed by atoms with van der Waals surface area (Å²) in [7, 11) is 0.